The molecular weight excluding hydrogens is 595 g/mol. The van der Waals surface area contributed by atoms with Crippen molar-refractivity contribution < 1.29 is 4.42 Å². The molecule has 11 rings (SSSR count). The molecule has 0 saturated carbocycles. The number of fused-ring (bicyclic) bond motifs is 10. The van der Waals surface area contributed by atoms with E-state index in [2.05, 4.69) is 126 Å². The topological polar surface area (TPSA) is 42.2 Å². The number of benzene rings is 7. The molecule has 0 N–H and O–H groups in total. The van der Waals surface area contributed by atoms with Crippen molar-refractivity contribution in [3.63, 3.8) is 0 Å². The summed E-state index contributed by atoms with van der Waals surface area (Å²) in [6, 6.07) is 49.5. The summed E-state index contributed by atoms with van der Waals surface area (Å²) in [4.78, 5) is 13.1. The van der Waals surface area contributed by atoms with Crippen LogP contribution >= 0.6 is 11.3 Å². The van der Waals surface area contributed by atoms with Gasteiger partial charge in [0.1, 0.15) is 16.8 Å². The summed E-state index contributed by atoms with van der Waals surface area (Å²) in [7, 11) is 0. The monoisotopic (exact) mass is 617 g/mol. The Balaban J connectivity index is 1.29. The lowest BCUT2D eigenvalue weighted by Crippen LogP contribution is -2.18. The average molecular weight is 618 g/mol. The first kappa shape index (κ1) is 25.2. The largest absolute Gasteiger partial charge is 0.452 e. The molecule has 0 aliphatic carbocycles. The smallest absolute Gasteiger partial charge is 0.236 e. The molecule has 4 heterocycles. The molecule has 0 fully saturated rings. The highest BCUT2D eigenvalue weighted by atomic mass is 32.1. The Kier molecular flexibility index (Phi) is 4.96. The van der Waals surface area contributed by atoms with E-state index in [9.17, 15) is 0 Å². The highest BCUT2D eigenvalue weighted by molar-refractivity contribution is 7.26. The van der Waals surface area contributed by atoms with Gasteiger partial charge in [-0.25, -0.2) is 9.97 Å². The highest BCUT2D eigenvalue weighted by Gasteiger charge is 2.31. The number of nitrogens with zero attached hydrogens (tertiary/aromatic N) is 3. The van der Waals surface area contributed by atoms with Crippen molar-refractivity contribution in [2.45, 2.75) is 0 Å². The molecule has 0 atom stereocenters. The van der Waals surface area contributed by atoms with Gasteiger partial charge < -0.3 is 4.42 Å². The Morgan fingerprint density at radius 3 is 2.19 bits per heavy atom. The molecule has 0 saturated heterocycles. The molecule has 47 heavy (non-hydrogen) atoms. The van der Waals surface area contributed by atoms with Crippen molar-refractivity contribution in [3.8, 4) is 22.4 Å². The van der Waals surface area contributed by atoms with Gasteiger partial charge in [-0.05, 0) is 52.1 Å². The summed E-state index contributed by atoms with van der Waals surface area (Å²) in [5.41, 5.74) is 8.72. The minimum absolute atomic E-state index is 0.621. The summed E-state index contributed by atoms with van der Waals surface area (Å²) in [6.45, 7) is 0. The van der Waals surface area contributed by atoms with E-state index >= 15 is 0 Å². The maximum atomic E-state index is 6.61. The van der Waals surface area contributed by atoms with E-state index in [0.717, 1.165) is 39.1 Å². The minimum Gasteiger partial charge on any atom is -0.452 e. The van der Waals surface area contributed by atoms with E-state index in [0.29, 0.717) is 11.5 Å². The van der Waals surface area contributed by atoms with Gasteiger partial charge in [0, 0.05) is 42.1 Å². The Labute approximate surface area is 272 Å². The number of rotatable bonds is 2. The number of anilines is 3. The summed E-state index contributed by atoms with van der Waals surface area (Å²) in [6.07, 6.45) is 0. The summed E-state index contributed by atoms with van der Waals surface area (Å²) >= 11 is 1.80. The van der Waals surface area contributed by atoms with E-state index in [-0.39, 0.29) is 0 Å². The maximum absolute atomic E-state index is 6.61. The van der Waals surface area contributed by atoms with Crippen molar-refractivity contribution in [3.05, 3.63) is 140 Å². The van der Waals surface area contributed by atoms with Crippen LogP contribution in [0, 0.1) is 0 Å². The van der Waals surface area contributed by atoms with Gasteiger partial charge in [-0.15, -0.1) is 11.3 Å². The van der Waals surface area contributed by atoms with Crippen molar-refractivity contribution in [2.75, 3.05) is 4.90 Å². The molecule has 1 aliphatic heterocycles. The van der Waals surface area contributed by atoms with Gasteiger partial charge in [0.15, 0.2) is 5.58 Å². The molecule has 218 valence electrons. The lowest BCUT2D eigenvalue weighted by molar-refractivity contribution is 0.667. The molecule has 5 heteroatoms. The molecule has 0 amide bonds. The van der Waals surface area contributed by atoms with Crippen molar-refractivity contribution in [1.29, 1.82) is 0 Å². The summed E-state index contributed by atoms with van der Waals surface area (Å²) in [5.74, 6) is 0.621. The molecule has 0 bridgehead atoms. The third-order valence-electron chi connectivity index (χ3n) is 9.61. The van der Waals surface area contributed by atoms with Crippen molar-refractivity contribution >= 4 is 92.4 Å². The van der Waals surface area contributed by atoms with E-state index in [1.807, 2.05) is 18.2 Å². The number of thiophene rings is 1. The molecular formula is C42H23N3OS. The summed E-state index contributed by atoms with van der Waals surface area (Å²) < 4.78 is 9.05. The number of furan rings is 1. The molecule has 0 unspecified atom stereocenters. The van der Waals surface area contributed by atoms with Crippen molar-refractivity contribution in [2.24, 2.45) is 0 Å². The van der Waals surface area contributed by atoms with E-state index in [4.69, 9.17) is 14.4 Å². The zero-order valence-electron chi connectivity index (χ0n) is 24.9. The van der Waals surface area contributed by atoms with Crippen LogP contribution in [0.4, 0.5) is 17.3 Å². The van der Waals surface area contributed by atoms with E-state index in [1.165, 1.54) is 52.8 Å². The van der Waals surface area contributed by atoms with Gasteiger partial charge in [-0.1, -0.05) is 109 Å². The molecule has 10 aromatic rings. The van der Waals surface area contributed by atoms with Crippen molar-refractivity contribution in [1.82, 2.24) is 9.97 Å². The number of hydrogen-bond acceptors (Lipinski definition) is 5. The van der Waals surface area contributed by atoms with E-state index < -0.39 is 0 Å². The predicted molar refractivity (Wildman–Crippen MR) is 196 cm³/mol. The predicted octanol–water partition coefficient (Wildman–Crippen LogP) is 12.2. The van der Waals surface area contributed by atoms with Crippen LogP contribution in [-0.4, -0.2) is 9.97 Å². The summed E-state index contributed by atoms with van der Waals surface area (Å²) in [5, 5.41) is 8.26. The lowest BCUT2D eigenvalue weighted by atomic mass is 9.88. The second-order valence-corrected chi connectivity index (χ2v) is 13.2. The van der Waals surface area contributed by atoms with Crippen LogP contribution < -0.4 is 4.90 Å². The van der Waals surface area contributed by atoms with Crippen LogP contribution in [0.25, 0.3) is 86.2 Å². The van der Waals surface area contributed by atoms with Gasteiger partial charge in [-0.3, -0.25) is 4.90 Å². The molecule has 0 radical (unpaired) electrons. The van der Waals surface area contributed by atoms with Gasteiger partial charge in [0.25, 0.3) is 0 Å². The Morgan fingerprint density at radius 1 is 0.532 bits per heavy atom. The normalized spacial score (nSPS) is 12.6. The zero-order chi connectivity index (χ0) is 30.6. The van der Waals surface area contributed by atoms with Crippen LogP contribution in [0.1, 0.15) is 0 Å². The van der Waals surface area contributed by atoms with Crippen LogP contribution in [0.3, 0.4) is 0 Å². The van der Waals surface area contributed by atoms with Crippen LogP contribution in [-0.2, 0) is 0 Å². The molecule has 1 aliphatic rings. The van der Waals surface area contributed by atoms with Crippen LogP contribution in [0.2, 0.25) is 0 Å². The van der Waals surface area contributed by atoms with Crippen LogP contribution in [0.15, 0.2) is 144 Å². The standard InChI is InChI=1S/C42H23N3OS/c1-2-13-26-24(10-1)22-23-33-37(26)30-17-7-11-25-12-8-19-32(36(25)30)45(33)42-43-38-29-15-3-5-20-34(29)46-40(38)39(44-42)31-18-9-16-28-27-14-4-6-21-35(27)47-41(28)31/h1-23H. The Bertz CT molecular complexity index is 2930. The lowest BCUT2D eigenvalue weighted by Gasteiger charge is -2.32. The third kappa shape index (κ3) is 3.41. The third-order valence-corrected chi connectivity index (χ3v) is 10.8. The fraction of sp³-hybridized carbons (Fsp3) is 0. The first-order chi connectivity index (χ1) is 23.3. The van der Waals surface area contributed by atoms with E-state index in [1.54, 1.807) is 11.3 Å². The van der Waals surface area contributed by atoms with Gasteiger partial charge in [0.2, 0.25) is 5.95 Å². The quantitative estimate of drug-likeness (QED) is 0.194. The first-order valence-electron chi connectivity index (χ1n) is 15.8. The van der Waals surface area contributed by atoms with Gasteiger partial charge in [0.05, 0.1) is 11.4 Å². The Hall–Kier alpha value is -6.04. The number of para-hydroxylation sites is 1. The van der Waals surface area contributed by atoms with Crippen LogP contribution in [0.5, 0.6) is 0 Å². The molecule has 7 aromatic carbocycles. The van der Waals surface area contributed by atoms with Gasteiger partial charge >= 0.3 is 0 Å². The average Bonchev–Trinajstić information content (AvgIpc) is 3.70. The second kappa shape index (κ2) is 9.25. The fourth-order valence-corrected chi connectivity index (χ4v) is 8.80. The fourth-order valence-electron chi connectivity index (χ4n) is 7.59. The molecule has 0 spiro atoms. The highest BCUT2D eigenvalue weighted by Crippen LogP contribution is 2.53. The number of aromatic nitrogens is 2. The second-order valence-electron chi connectivity index (χ2n) is 12.1. The Morgan fingerprint density at radius 2 is 1.26 bits per heavy atom. The van der Waals surface area contributed by atoms with Gasteiger partial charge in [-0.2, -0.15) is 0 Å². The molecule has 4 nitrogen and oxygen atoms in total. The zero-order valence-corrected chi connectivity index (χ0v) is 25.8. The number of hydrogen-bond donors (Lipinski definition) is 0. The minimum atomic E-state index is 0.621. The maximum Gasteiger partial charge on any atom is 0.236 e. The first-order valence-corrected chi connectivity index (χ1v) is 16.6. The SMILES string of the molecule is c1ccc2c3c(ccc2c1)N(c1nc(-c2cccc4c2sc2ccccc24)c2oc4ccccc4c2n1)c1cccc2cccc-3c12. The molecule has 3 aromatic heterocycles.